The topological polar surface area (TPSA) is 136 Å². The molecular formula is C17H18N2O7S. The van der Waals surface area contributed by atoms with Crippen LogP contribution in [0.3, 0.4) is 0 Å². The van der Waals surface area contributed by atoms with Crippen LogP contribution in [0, 0.1) is 16.0 Å². The quantitative estimate of drug-likeness (QED) is 0.442. The average molecular weight is 394 g/mol. The van der Waals surface area contributed by atoms with E-state index in [9.17, 15) is 28.4 Å². The van der Waals surface area contributed by atoms with Crippen molar-refractivity contribution in [1.82, 2.24) is 4.72 Å². The van der Waals surface area contributed by atoms with Gasteiger partial charge in [0.25, 0.3) is 5.69 Å². The number of nitro benzene ring substituents is 1. The number of aliphatic hydroxyl groups is 1. The molecule has 27 heavy (non-hydrogen) atoms. The number of benzene rings is 1. The van der Waals surface area contributed by atoms with Gasteiger partial charge in [-0.25, -0.2) is 17.9 Å². The van der Waals surface area contributed by atoms with Gasteiger partial charge in [-0.1, -0.05) is 6.08 Å². The molecule has 1 aromatic carbocycles. The van der Waals surface area contributed by atoms with Crippen molar-refractivity contribution in [1.29, 1.82) is 0 Å². The fourth-order valence-electron chi connectivity index (χ4n) is 4.46. The first-order valence-electron chi connectivity index (χ1n) is 8.50. The second-order valence-corrected chi connectivity index (χ2v) is 9.21. The molecule has 1 saturated carbocycles. The largest absolute Gasteiger partial charge is 0.455 e. The van der Waals surface area contributed by atoms with E-state index in [1.807, 2.05) is 0 Å². The summed E-state index contributed by atoms with van der Waals surface area (Å²) in [5.74, 6) is -0.911. The molecule has 1 aromatic rings. The van der Waals surface area contributed by atoms with Crippen molar-refractivity contribution >= 4 is 21.7 Å². The van der Waals surface area contributed by atoms with Crippen LogP contribution in [0.25, 0.3) is 0 Å². The maximum atomic E-state index is 12.8. The molecule has 0 amide bonds. The van der Waals surface area contributed by atoms with E-state index in [0.717, 1.165) is 24.3 Å². The Labute approximate surface area is 155 Å². The SMILES string of the molecule is C[C@]1(NS(=O)(=O)c2ccc([N+](=O)[O-])cc2)C=C2C(=O)O[C@@H]3CC[C@H](C1)[C@]23O. The Morgan fingerprint density at radius 2 is 1.96 bits per heavy atom. The third kappa shape index (κ3) is 2.67. The van der Waals surface area contributed by atoms with Gasteiger partial charge in [0.1, 0.15) is 11.7 Å². The van der Waals surface area contributed by atoms with Crippen molar-refractivity contribution in [3.63, 3.8) is 0 Å². The zero-order valence-corrected chi connectivity index (χ0v) is 15.2. The number of carbonyl (C=O) groups excluding carboxylic acids is 1. The summed E-state index contributed by atoms with van der Waals surface area (Å²) in [4.78, 5) is 22.1. The Hall–Kier alpha value is -2.30. The molecule has 0 aromatic heterocycles. The smallest absolute Gasteiger partial charge is 0.337 e. The number of nitro groups is 1. The van der Waals surface area contributed by atoms with Crippen molar-refractivity contribution in [3.05, 3.63) is 46.0 Å². The third-order valence-corrected chi connectivity index (χ3v) is 7.28. The first-order chi connectivity index (χ1) is 12.6. The second kappa shape index (κ2) is 5.60. The highest BCUT2D eigenvalue weighted by Gasteiger charge is 2.64. The molecular weight excluding hydrogens is 376 g/mol. The molecule has 0 spiro atoms. The van der Waals surface area contributed by atoms with Crippen LogP contribution in [0.15, 0.2) is 40.8 Å². The number of rotatable bonds is 4. The van der Waals surface area contributed by atoms with E-state index >= 15 is 0 Å². The second-order valence-electron chi connectivity index (χ2n) is 7.53. The zero-order valence-electron chi connectivity index (χ0n) is 14.4. The van der Waals surface area contributed by atoms with Gasteiger partial charge in [0.15, 0.2) is 0 Å². The first kappa shape index (κ1) is 18.1. The minimum Gasteiger partial charge on any atom is -0.455 e. The Morgan fingerprint density at radius 3 is 2.59 bits per heavy atom. The van der Waals surface area contributed by atoms with Crippen molar-refractivity contribution in [2.24, 2.45) is 5.92 Å². The maximum absolute atomic E-state index is 12.8. The highest BCUT2D eigenvalue weighted by atomic mass is 32.2. The predicted octanol–water partition coefficient (Wildman–Crippen LogP) is 1.03. The van der Waals surface area contributed by atoms with E-state index in [1.165, 1.54) is 6.08 Å². The predicted molar refractivity (Wildman–Crippen MR) is 92.1 cm³/mol. The van der Waals surface area contributed by atoms with Gasteiger partial charge in [0.2, 0.25) is 10.0 Å². The van der Waals surface area contributed by atoms with Gasteiger partial charge in [-0.15, -0.1) is 0 Å². The van der Waals surface area contributed by atoms with Crippen LogP contribution in [0.5, 0.6) is 0 Å². The van der Waals surface area contributed by atoms with E-state index in [2.05, 4.69) is 4.72 Å². The van der Waals surface area contributed by atoms with E-state index in [0.29, 0.717) is 19.3 Å². The molecule has 2 N–H and O–H groups in total. The number of nitrogens with one attached hydrogen (secondary N) is 1. The van der Waals surface area contributed by atoms with Crippen LogP contribution in [-0.4, -0.2) is 41.7 Å². The number of esters is 1. The van der Waals surface area contributed by atoms with Gasteiger partial charge in [0, 0.05) is 17.7 Å². The molecule has 4 atom stereocenters. The van der Waals surface area contributed by atoms with E-state index in [4.69, 9.17) is 4.74 Å². The van der Waals surface area contributed by atoms with Crippen LogP contribution in [0.2, 0.25) is 0 Å². The number of hydrogen-bond acceptors (Lipinski definition) is 7. The molecule has 10 heteroatoms. The van der Waals surface area contributed by atoms with Crippen LogP contribution < -0.4 is 4.72 Å². The minimum atomic E-state index is -4.00. The molecule has 0 unspecified atom stereocenters. The van der Waals surface area contributed by atoms with Gasteiger partial charge < -0.3 is 9.84 Å². The molecule has 3 aliphatic rings. The van der Waals surface area contributed by atoms with Crippen LogP contribution in [-0.2, 0) is 19.6 Å². The number of carbonyl (C=O) groups is 1. The Bertz CT molecular complexity index is 972. The first-order valence-corrected chi connectivity index (χ1v) is 9.99. The Morgan fingerprint density at radius 1 is 1.30 bits per heavy atom. The monoisotopic (exact) mass is 394 g/mol. The third-order valence-electron chi connectivity index (χ3n) is 5.65. The van der Waals surface area contributed by atoms with Crippen molar-refractivity contribution < 1.29 is 28.0 Å². The summed E-state index contributed by atoms with van der Waals surface area (Å²) in [7, 11) is -4.00. The Kier molecular flexibility index (Phi) is 3.75. The minimum absolute atomic E-state index is 0.107. The molecule has 9 nitrogen and oxygen atoms in total. The van der Waals surface area contributed by atoms with E-state index < -0.39 is 38.2 Å². The number of sulfonamides is 1. The van der Waals surface area contributed by atoms with Crippen LogP contribution >= 0.6 is 0 Å². The number of ether oxygens (including phenoxy) is 1. The molecule has 2 fully saturated rings. The summed E-state index contributed by atoms with van der Waals surface area (Å²) >= 11 is 0. The normalized spacial score (nSPS) is 34.7. The standard InChI is InChI=1S/C17H18N2O7S/c1-16(18-27(24,25)12-5-3-11(4-6-12)19(22)23)8-10-2-7-14-17(10,21)13(9-16)15(20)26-14/h3-6,9-10,14,18,21H,2,7-8H2,1H3/t10-,14-,16-,17+/m1/s1. The van der Waals surface area contributed by atoms with Gasteiger partial charge >= 0.3 is 5.97 Å². The summed E-state index contributed by atoms with van der Waals surface area (Å²) < 4.78 is 33.3. The lowest BCUT2D eigenvalue weighted by atomic mass is 9.71. The summed E-state index contributed by atoms with van der Waals surface area (Å²) in [6.07, 6.45) is 2.35. The fraction of sp³-hybridized carbons (Fsp3) is 0.471. The van der Waals surface area contributed by atoms with Crippen LogP contribution in [0.4, 0.5) is 5.69 Å². The highest BCUT2D eigenvalue weighted by molar-refractivity contribution is 7.89. The van der Waals surface area contributed by atoms with Crippen molar-refractivity contribution in [2.45, 2.75) is 48.3 Å². The van der Waals surface area contributed by atoms with Gasteiger partial charge in [-0.2, -0.15) is 0 Å². The van der Waals surface area contributed by atoms with Crippen LogP contribution in [0.1, 0.15) is 26.2 Å². The fourth-order valence-corrected chi connectivity index (χ4v) is 5.83. The molecule has 1 heterocycles. The molecule has 1 saturated heterocycles. The molecule has 1 aliphatic heterocycles. The molecule has 0 bridgehead atoms. The lowest BCUT2D eigenvalue weighted by molar-refractivity contribution is -0.384. The summed E-state index contributed by atoms with van der Waals surface area (Å²) in [6.45, 7) is 1.64. The van der Waals surface area contributed by atoms with Gasteiger partial charge in [0.05, 0.1) is 15.4 Å². The number of hydrogen-bond donors (Lipinski definition) is 2. The number of non-ortho nitro benzene ring substituents is 1. The lowest BCUT2D eigenvalue weighted by Gasteiger charge is -2.40. The highest BCUT2D eigenvalue weighted by Crippen LogP contribution is 2.53. The van der Waals surface area contributed by atoms with Gasteiger partial charge in [-0.05, 0) is 44.2 Å². The molecule has 144 valence electrons. The van der Waals surface area contributed by atoms with Crippen molar-refractivity contribution in [3.8, 4) is 0 Å². The number of nitrogens with zero attached hydrogens (tertiary/aromatic N) is 1. The summed E-state index contributed by atoms with van der Waals surface area (Å²) in [5.41, 5.74) is -2.55. The molecule has 4 rings (SSSR count). The van der Waals surface area contributed by atoms with E-state index in [-0.39, 0.29) is 22.1 Å². The average Bonchev–Trinajstić information content (AvgIpc) is 3.02. The summed E-state index contributed by atoms with van der Waals surface area (Å²) in [5, 5.41) is 21.7. The molecule has 0 radical (unpaired) electrons. The zero-order chi connectivity index (χ0) is 19.6. The lowest BCUT2D eigenvalue weighted by Crippen LogP contribution is -2.54. The van der Waals surface area contributed by atoms with Crippen molar-refractivity contribution in [2.75, 3.05) is 0 Å². The molecule has 2 aliphatic carbocycles. The summed E-state index contributed by atoms with van der Waals surface area (Å²) in [6, 6.07) is 4.55. The Balaban J connectivity index is 1.66. The van der Waals surface area contributed by atoms with E-state index in [1.54, 1.807) is 6.92 Å². The maximum Gasteiger partial charge on any atom is 0.337 e. The van der Waals surface area contributed by atoms with Gasteiger partial charge in [-0.3, -0.25) is 10.1 Å².